The van der Waals surface area contributed by atoms with E-state index in [1.165, 1.54) is 0 Å². The molecule has 84 valence electrons. The lowest BCUT2D eigenvalue weighted by Crippen LogP contribution is -1.99. The molecule has 1 heterocycles. The van der Waals surface area contributed by atoms with E-state index in [2.05, 4.69) is 12.0 Å². The van der Waals surface area contributed by atoms with Gasteiger partial charge in [-0.3, -0.25) is 4.68 Å². The molecule has 3 nitrogen and oxygen atoms in total. The van der Waals surface area contributed by atoms with E-state index in [4.69, 9.17) is 0 Å². The Hall–Kier alpha value is -1.61. The molecule has 3 heteroatoms. The molecule has 0 aliphatic carbocycles. The van der Waals surface area contributed by atoms with E-state index >= 15 is 0 Å². The maximum absolute atomic E-state index is 10.1. The largest absolute Gasteiger partial charge is 0.384 e. The van der Waals surface area contributed by atoms with Gasteiger partial charge in [-0.25, -0.2) is 0 Å². The monoisotopic (exact) mass is 216 g/mol. The van der Waals surface area contributed by atoms with Crippen molar-refractivity contribution < 1.29 is 5.11 Å². The summed E-state index contributed by atoms with van der Waals surface area (Å²) in [7, 11) is 0. The molecule has 0 fully saturated rings. The van der Waals surface area contributed by atoms with E-state index in [-0.39, 0.29) is 0 Å². The predicted molar refractivity (Wildman–Crippen MR) is 63.0 cm³/mol. The summed E-state index contributed by atoms with van der Waals surface area (Å²) >= 11 is 0. The van der Waals surface area contributed by atoms with Crippen LogP contribution in [-0.4, -0.2) is 14.9 Å². The Kier molecular flexibility index (Phi) is 3.37. The molecule has 0 aliphatic heterocycles. The smallest absolute Gasteiger partial charge is 0.107 e. The molecule has 1 atom stereocenters. The predicted octanol–water partition coefficient (Wildman–Crippen LogP) is 2.37. The van der Waals surface area contributed by atoms with E-state index in [0.717, 1.165) is 24.1 Å². The topological polar surface area (TPSA) is 38.0 Å². The third kappa shape index (κ3) is 2.31. The summed E-state index contributed by atoms with van der Waals surface area (Å²) in [6.45, 7) is 3.00. The van der Waals surface area contributed by atoms with Crippen LogP contribution in [0.4, 0.5) is 0 Å². The van der Waals surface area contributed by atoms with Crippen LogP contribution < -0.4 is 0 Å². The van der Waals surface area contributed by atoms with E-state index in [9.17, 15) is 5.11 Å². The van der Waals surface area contributed by atoms with E-state index in [0.29, 0.717) is 0 Å². The lowest BCUT2D eigenvalue weighted by molar-refractivity contribution is 0.220. The molecule has 2 aromatic rings. The van der Waals surface area contributed by atoms with Gasteiger partial charge in [0.1, 0.15) is 6.10 Å². The highest BCUT2D eigenvalue weighted by atomic mass is 16.3. The van der Waals surface area contributed by atoms with Crippen LogP contribution in [-0.2, 0) is 6.54 Å². The SMILES string of the molecule is CCCn1cc(C(O)c2ccccc2)cn1. The van der Waals surface area contributed by atoms with Crippen LogP contribution in [0.1, 0.15) is 30.6 Å². The summed E-state index contributed by atoms with van der Waals surface area (Å²) in [4.78, 5) is 0. The second-order valence-electron chi connectivity index (χ2n) is 3.85. The van der Waals surface area contributed by atoms with E-state index < -0.39 is 6.10 Å². The second-order valence-corrected chi connectivity index (χ2v) is 3.85. The first-order chi connectivity index (χ1) is 7.81. The van der Waals surface area contributed by atoms with Crippen molar-refractivity contribution in [2.24, 2.45) is 0 Å². The van der Waals surface area contributed by atoms with Crippen molar-refractivity contribution in [2.45, 2.75) is 26.0 Å². The Morgan fingerprint density at radius 3 is 2.69 bits per heavy atom. The minimum absolute atomic E-state index is 0.577. The summed E-state index contributed by atoms with van der Waals surface area (Å²) in [5.41, 5.74) is 1.75. The minimum atomic E-state index is -0.577. The quantitative estimate of drug-likeness (QED) is 0.852. The van der Waals surface area contributed by atoms with Crippen molar-refractivity contribution in [3.8, 4) is 0 Å². The molecular formula is C13H16N2O. The number of benzene rings is 1. The van der Waals surface area contributed by atoms with Crippen molar-refractivity contribution in [3.63, 3.8) is 0 Å². The number of aromatic nitrogens is 2. The molecular weight excluding hydrogens is 200 g/mol. The molecule has 0 aliphatic rings. The number of aryl methyl sites for hydroxylation is 1. The molecule has 0 amide bonds. The fourth-order valence-corrected chi connectivity index (χ4v) is 1.70. The molecule has 1 aromatic heterocycles. The molecule has 0 saturated carbocycles. The molecule has 2 rings (SSSR count). The molecule has 0 radical (unpaired) electrons. The van der Waals surface area contributed by atoms with E-state index in [1.54, 1.807) is 6.20 Å². The number of hydrogen-bond donors (Lipinski definition) is 1. The molecule has 1 unspecified atom stereocenters. The van der Waals surface area contributed by atoms with Crippen molar-refractivity contribution in [2.75, 3.05) is 0 Å². The number of aliphatic hydroxyl groups excluding tert-OH is 1. The van der Waals surface area contributed by atoms with Crippen LogP contribution >= 0.6 is 0 Å². The zero-order valence-electron chi connectivity index (χ0n) is 9.37. The average molecular weight is 216 g/mol. The maximum atomic E-state index is 10.1. The Morgan fingerprint density at radius 1 is 1.25 bits per heavy atom. The summed E-state index contributed by atoms with van der Waals surface area (Å²) < 4.78 is 1.86. The summed E-state index contributed by atoms with van der Waals surface area (Å²) in [6, 6.07) is 9.63. The molecule has 0 spiro atoms. The third-order valence-electron chi connectivity index (χ3n) is 2.54. The van der Waals surface area contributed by atoms with Crippen LogP contribution in [0.2, 0.25) is 0 Å². The minimum Gasteiger partial charge on any atom is -0.384 e. The van der Waals surface area contributed by atoms with E-state index in [1.807, 2.05) is 41.2 Å². The van der Waals surface area contributed by atoms with Crippen molar-refractivity contribution in [1.82, 2.24) is 9.78 Å². The van der Waals surface area contributed by atoms with Gasteiger partial charge in [-0.05, 0) is 12.0 Å². The van der Waals surface area contributed by atoms with Crippen molar-refractivity contribution >= 4 is 0 Å². The van der Waals surface area contributed by atoms with Gasteiger partial charge in [0.2, 0.25) is 0 Å². The second kappa shape index (κ2) is 4.94. The number of rotatable bonds is 4. The van der Waals surface area contributed by atoms with Crippen molar-refractivity contribution in [1.29, 1.82) is 0 Å². The van der Waals surface area contributed by atoms with Crippen LogP contribution in [0.25, 0.3) is 0 Å². The Bertz CT molecular complexity index is 436. The zero-order valence-corrected chi connectivity index (χ0v) is 9.37. The first-order valence-corrected chi connectivity index (χ1v) is 5.56. The Labute approximate surface area is 95.3 Å². The summed E-state index contributed by atoms with van der Waals surface area (Å²) in [5, 5.41) is 14.3. The Balaban J connectivity index is 2.17. The van der Waals surface area contributed by atoms with Crippen molar-refractivity contribution in [3.05, 3.63) is 53.9 Å². The first kappa shape index (κ1) is 10.9. The highest BCUT2D eigenvalue weighted by Gasteiger charge is 2.11. The van der Waals surface area contributed by atoms with Crippen LogP contribution in [0.15, 0.2) is 42.7 Å². The molecule has 16 heavy (non-hydrogen) atoms. The fourth-order valence-electron chi connectivity index (χ4n) is 1.70. The van der Waals surface area contributed by atoms with Gasteiger partial charge < -0.3 is 5.11 Å². The summed E-state index contributed by atoms with van der Waals surface area (Å²) in [5.74, 6) is 0. The lowest BCUT2D eigenvalue weighted by Gasteiger charge is -2.07. The van der Waals surface area contributed by atoms with Gasteiger partial charge in [-0.2, -0.15) is 5.10 Å². The van der Waals surface area contributed by atoms with Gasteiger partial charge in [-0.1, -0.05) is 37.3 Å². The third-order valence-corrected chi connectivity index (χ3v) is 2.54. The van der Waals surface area contributed by atoms with Gasteiger partial charge in [0.05, 0.1) is 6.20 Å². The molecule has 1 N–H and O–H groups in total. The first-order valence-electron chi connectivity index (χ1n) is 5.56. The number of hydrogen-bond acceptors (Lipinski definition) is 2. The highest BCUT2D eigenvalue weighted by molar-refractivity contribution is 5.26. The van der Waals surface area contributed by atoms with Gasteiger partial charge >= 0.3 is 0 Å². The van der Waals surface area contributed by atoms with Gasteiger partial charge in [-0.15, -0.1) is 0 Å². The maximum Gasteiger partial charge on any atom is 0.107 e. The normalized spacial score (nSPS) is 12.6. The van der Waals surface area contributed by atoms with Crippen LogP contribution in [0.3, 0.4) is 0 Å². The highest BCUT2D eigenvalue weighted by Crippen LogP contribution is 2.20. The van der Waals surface area contributed by atoms with Gasteiger partial charge in [0.25, 0.3) is 0 Å². The molecule has 0 saturated heterocycles. The van der Waals surface area contributed by atoms with Gasteiger partial charge in [0.15, 0.2) is 0 Å². The van der Waals surface area contributed by atoms with Gasteiger partial charge in [0, 0.05) is 18.3 Å². The average Bonchev–Trinajstić information content (AvgIpc) is 2.78. The lowest BCUT2D eigenvalue weighted by atomic mass is 10.1. The Morgan fingerprint density at radius 2 is 2.00 bits per heavy atom. The fraction of sp³-hybridized carbons (Fsp3) is 0.308. The standard InChI is InChI=1S/C13H16N2O/c1-2-8-15-10-12(9-14-15)13(16)11-6-4-3-5-7-11/h3-7,9-10,13,16H,2,8H2,1H3. The number of nitrogens with zero attached hydrogens (tertiary/aromatic N) is 2. The van der Waals surface area contributed by atoms with Crippen LogP contribution in [0.5, 0.6) is 0 Å². The number of aliphatic hydroxyl groups is 1. The molecule has 0 bridgehead atoms. The zero-order chi connectivity index (χ0) is 11.4. The molecule has 1 aromatic carbocycles. The van der Waals surface area contributed by atoms with Crippen LogP contribution in [0, 0.1) is 0 Å². The summed E-state index contributed by atoms with van der Waals surface area (Å²) in [6.07, 6.45) is 4.10.